The maximum atomic E-state index is 6.20. The summed E-state index contributed by atoms with van der Waals surface area (Å²) in [4.78, 5) is 2.81. The minimum absolute atomic E-state index is 0.437. The number of piperidine rings is 1. The Bertz CT molecular complexity index is 389. The van der Waals surface area contributed by atoms with Crippen molar-refractivity contribution < 1.29 is 0 Å². The zero-order valence-electron chi connectivity index (χ0n) is 12.0. The number of nitrogens with two attached hydrogens (primary N) is 1. The fraction of sp³-hybridized carbons (Fsp3) is 0.647. The number of rotatable bonds is 4. The lowest BCUT2D eigenvalue weighted by molar-refractivity contribution is 0.0718. The third kappa shape index (κ3) is 2.56. The lowest BCUT2D eigenvalue weighted by Crippen LogP contribution is -2.48. The molecule has 0 aromatic heterocycles. The summed E-state index contributed by atoms with van der Waals surface area (Å²) in [5, 5.41) is 0. The Labute approximate surface area is 117 Å². The fourth-order valence-corrected chi connectivity index (χ4v) is 4.20. The van der Waals surface area contributed by atoms with Gasteiger partial charge >= 0.3 is 0 Å². The van der Waals surface area contributed by atoms with Gasteiger partial charge in [-0.2, -0.15) is 0 Å². The molecule has 1 aromatic rings. The zero-order chi connectivity index (χ0) is 13.2. The molecule has 0 saturated carbocycles. The van der Waals surface area contributed by atoms with Crippen LogP contribution in [0.5, 0.6) is 0 Å². The molecule has 2 fully saturated rings. The second kappa shape index (κ2) is 5.64. The van der Waals surface area contributed by atoms with Crippen LogP contribution in [0.2, 0.25) is 0 Å². The van der Waals surface area contributed by atoms with Gasteiger partial charge in [0, 0.05) is 24.2 Å². The van der Waals surface area contributed by atoms with Gasteiger partial charge in [0.1, 0.15) is 0 Å². The van der Waals surface area contributed by atoms with Gasteiger partial charge in [-0.1, -0.05) is 43.7 Å². The van der Waals surface area contributed by atoms with Crippen LogP contribution in [0.4, 0.5) is 0 Å². The summed E-state index contributed by atoms with van der Waals surface area (Å²) in [6.45, 7) is 2.30. The molecule has 104 valence electrons. The summed E-state index contributed by atoms with van der Waals surface area (Å²) in [6, 6.07) is 13.6. The summed E-state index contributed by atoms with van der Waals surface area (Å²) < 4.78 is 0. The molecule has 0 radical (unpaired) electrons. The summed E-state index contributed by atoms with van der Waals surface area (Å²) in [5.74, 6) is 0. The van der Waals surface area contributed by atoms with E-state index in [-0.39, 0.29) is 0 Å². The molecule has 2 heterocycles. The van der Waals surface area contributed by atoms with E-state index in [0.29, 0.717) is 12.1 Å². The Morgan fingerprint density at radius 2 is 1.79 bits per heavy atom. The minimum atomic E-state index is 0.437. The average Bonchev–Trinajstić information content (AvgIpc) is 2.68. The highest BCUT2D eigenvalue weighted by Crippen LogP contribution is 2.42. The Hall–Kier alpha value is -0.860. The molecule has 3 rings (SSSR count). The van der Waals surface area contributed by atoms with Gasteiger partial charge < -0.3 is 5.73 Å². The lowest BCUT2D eigenvalue weighted by atomic mass is 9.92. The van der Waals surface area contributed by atoms with Gasteiger partial charge in [0.25, 0.3) is 0 Å². The van der Waals surface area contributed by atoms with Crippen LogP contribution < -0.4 is 5.73 Å². The first-order chi connectivity index (χ1) is 9.29. The topological polar surface area (TPSA) is 29.3 Å². The third-order valence-corrected chi connectivity index (χ3v) is 4.93. The first kappa shape index (κ1) is 13.1. The van der Waals surface area contributed by atoms with Crippen molar-refractivity contribution in [1.29, 1.82) is 0 Å². The van der Waals surface area contributed by atoms with Gasteiger partial charge in [0.15, 0.2) is 0 Å². The molecule has 2 bridgehead atoms. The molecule has 2 saturated heterocycles. The molecule has 2 aliphatic heterocycles. The van der Waals surface area contributed by atoms with E-state index < -0.39 is 0 Å². The molecule has 19 heavy (non-hydrogen) atoms. The van der Waals surface area contributed by atoms with Gasteiger partial charge in [0.2, 0.25) is 0 Å². The Morgan fingerprint density at radius 3 is 2.37 bits per heavy atom. The molecule has 2 N–H and O–H groups in total. The number of hydrogen-bond acceptors (Lipinski definition) is 2. The fourth-order valence-electron chi connectivity index (χ4n) is 4.20. The van der Waals surface area contributed by atoms with Crippen LogP contribution in [0.1, 0.15) is 57.1 Å². The van der Waals surface area contributed by atoms with Gasteiger partial charge in [-0.3, -0.25) is 4.90 Å². The highest BCUT2D eigenvalue weighted by molar-refractivity contribution is 5.20. The molecule has 0 amide bonds. The number of fused-ring (bicyclic) bond motifs is 2. The molecular weight excluding hydrogens is 232 g/mol. The van der Waals surface area contributed by atoms with Crippen LogP contribution in [0.15, 0.2) is 30.3 Å². The predicted molar refractivity (Wildman–Crippen MR) is 79.9 cm³/mol. The number of benzene rings is 1. The van der Waals surface area contributed by atoms with Crippen molar-refractivity contribution in [2.45, 2.75) is 69.6 Å². The molecule has 0 aliphatic carbocycles. The number of hydrogen-bond donors (Lipinski definition) is 1. The van der Waals surface area contributed by atoms with Crippen molar-refractivity contribution in [3.63, 3.8) is 0 Å². The van der Waals surface area contributed by atoms with E-state index in [1.165, 1.54) is 44.1 Å². The van der Waals surface area contributed by atoms with E-state index in [0.717, 1.165) is 12.1 Å². The minimum Gasteiger partial charge on any atom is -0.328 e. The van der Waals surface area contributed by atoms with E-state index in [1.807, 2.05) is 0 Å². The zero-order valence-corrected chi connectivity index (χ0v) is 12.0. The van der Waals surface area contributed by atoms with Gasteiger partial charge in [-0.25, -0.2) is 0 Å². The summed E-state index contributed by atoms with van der Waals surface area (Å²) >= 11 is 0. The van der Waals surface area contributed by atoms with Crippen molar-refractivity contribution in [3.8, 4) is 0 Å². The summed E-state index contributed by atoms with van der Waals surface area (Å²) in [7, 11) is 0. The summed E-state index contributed by atoms with van der Waals surface area (Å²) in [6.07, 6.45) is 7.62. The van der Waals surface area contributed by atoms with Crippen molar-refractivity contribution in [2.75, 3.05) is 0 Å². The Balaban J connectivity index is 1.85. The molecule has 2 nitrogen and oxygen atoms in total. The van der Waals surface area contributed by atoms with Crippen molar-refractivity contribution in [1.82, 2.24) is 4.90 Å². The Kier molecular flexibility index (Phi) is 3.90. The molecule has 2 heteroatoms. The van der Waals surface area contributed by atoms with Crippen LogP contribution in [-0.4, -0.2) is 23.0 Å². The quantitative estimate of drug-likeness (QED) is 0.896. The summed E-state index contributed by atoms with van der Waals surface area (Å²) in [5.41, 5.74) is 7.70. The van der Waals surface area contributed by atoms with E-state index >= 15 is 0 Å². The second-order valence-corrected chi connectivity index (χ2v) is 6.28. The van der Waals surface area contributed by atoms with E-state index in [2.05, 4.69) is 42.2 Å². The van der Waals surface area contributed by atoms with Crippen LogP contribution in [-0.2, 0) is 0 Å². The van der Waals surface area contributed by atoms with Crippen LogP contribution in [0.3, 0.4) is 0 Å². The van der Waals surface area contributed by atoms with Crippen molar-refractivity contribution in [2.24, 2.45) is 5.73 Å². The maximum Gasteiger partial charge on any atom is 0.0353 e. The maximum absolute atomic E-state index is 6.20. The van der Waals surface area contributed by atoms with Crippen LogP contribution >= 0.6 is 0 Å². The SMILES string of the molecule is CCCC(c1ccccc1)N1C2CCC1CC(N)C2. The van der Waals surface area contributed by atoms with Crippen molar-refractivity contribution in [3.05, 3.63) is 35.9 Å². The standard InChI is InChI=1S/C17H26N2/c1-2-6-17(13-7-4-3-5-8-13)19-15-9-10-16(19)12-14(18)11-15/h3-5,7-8,14-17H,2,6,9-12,18H2,1H3. The lowest BCUT2D eigenvalue weighted by Gasteiger charge is -2.43. The molecular formula is C17H26N2. The van der Waals surface area contributed by atoms with Gasteiger partial charge in [0.05, 0.1) is 0 Å². The van der Waals surface area contributed by atoms with E-state index in [9.17, 15) is 0 Å². The van der Waals surface area contributed by atoms with Crippen molar-refractivity contribution >= 4 is 0 Å². The molecule has 0 spiro atoms. The molecule has 3 atom stereocenters. The predicted octanol–water partition coefficient (Wildman–Crippen LogP) is 3.48. The van der Waals surface area contributed by atoms with Crippen LogP contribution in [0, 0.1) is 0 Å². The smallest absolute Gasteiger partial charge is 0.0353 e. The number of nitrogens with zero attached hydrogens (tertiary/aromatic N) is 1. The highest BCUT2D eigenvalue weighted by atomic mass is 15.3. The van der Waals surface area contributed by atoms with Crippen LogP contribution in [0.25, 0.3) is 0 Å². The second-order valence-electron chi connectivity index (χ2n) is 6.28. The third-order valence-electron chi connectivity index (χ3n) is 4.93. The first-order valence-corrected chi connectivity index (χ1v) is 7.87. The van der Waals surface area contributed by atoms with Gasteiger partial charge in [-0.15, -0.1) is 0 Å². The normalized spacial score (nSPS) is 32.4. The first-order valence-electron chi connectivity index (χ1n) is 7.87. The monoisotopic (exact) mass is 258 g/mol. The highest BCUT2D eigenvalue weighted by Gasteiger charge is 2.42. The molecule has 3 unspecified atom stereocenters. The molecule has 2 aliphatic rings. The average molecular weight is 258 g/mol. The van der Waals surface area contributed by atoms with E-state index in [4.69, 9.17) is 5.73 Å². The largest absolute Gasteiger partial charge is 0.328 e. The molecule has 1 aromatic carbocycles. The van der Waals surface area contributed by atoms with E-state index in [1.54, 1.807) is 0 Å². The Morgan fingerprint density at radius 1 is 1.16 bits per heavy atom. The van der Waals surface area contributed by atoms with Gasteiger partial charge in [-0.05, 0) is 37.7 Å².